The van der Waals surface area contributed by atoms with Crippen LogP contribution in [0.2, 0.25) is 0 Å². The number of aromatic nitrogens is 2. The molecule has 1 aromatic heterocycles. The Hall–Kier alpha value is -2.36. The zero-order valence-electron chi connectivity index (χ0n) is 23.2. The van der Waals surface area contributed by atoms with E-state index in [4.69, 9.17) is 4.98 Å². The van der Waals surface area contributed by atoms with Crippen LogP contribution in [0.3, 0.4) is 0 Å². The Morgan fingerprint density at radius 1 is 1.03 bits per heavy atom. The van der Waals surface area contributed by atoms with Crippen molar-refractivity contribution >= 4 is 16.7 Å². The quantitative estimate of drug-likeness (QED) is 0.169. The fourth-order valence-electron chi connectivity index (χ4n) is 3.52. The first-order valence-electron chi connectivity index (χ1n) is 12.5. The van der Waals surface area contributed by atoms with E-state index >= 15 is 0 Å². The zero-order chi connectivity index (χ0) is 26.4. The molecule has 197 valence electrons. The van der Waals surface area contributed by atoms with Gasteiger partial charge in [0, 0.05) is 48.6 Å². The molecule has 0 spiro atoms. The smallest absolute Gasteiger partial charge is 0.164 e. The monoisotopic (exact) mass is 666 g/mol. The van der Waals surface area contributed by atoms with Crippen molar-refractivity contribution in [1.82, 2.24) is 9.97 Å². The molecule has 0 amide bonds. The summed E-state index contributed by atoms with van der Waals surface area (Å²) in [6, 6.07) is 15.9. The van der Waals surface area contributed by atoms with Crippen LogP contribution < -0.4 is 0 Å². The molecule has 0 fully saturated rings. The molecule has 0 saturated carbocycles. The van der Waals surface area contributed by atoms with E-state index in [2.05, 4.69) is 44.0 Å². The first kappa shape index (κ1) is 31.7. The summed E-state index contributed by atoms with van der Waals surface area (Å²) >= 11 is 0. The Morgan fingerprint density at radius 2 is 1.64 bits per heavy atom. The summed E-state index contributed by atoms with van der Waals surface area (Å²) in [4.78, 5) is 20.7. The molecular formula is C31H41IrN2O2-. The number of aryl methyl sites for hydroxylation is 1. The number of aliphatic hydroxyl groups excluding tert-OH is 1. The Morgan fingerprint density at radius 3 is 2.19 bits per heavy atom. The van der Waals surface area contributed by atoms with Gasteiger partial charge in [-0.25, -0.2) is 0 Å². The molecule has 0 bridgehead atoms. The molecular weight excluding hydrogens is 625 g/mol. The number of ketones is 1. The van der Waals surface area contributed by atoms with Gasteiger partial charge in [0.25, 0.3) is 0 Å². The van der Waals surface area contributed by atoms with E-state index in [1.165, 1.54) is 11.6 Å². The van der Waals surface area contributed by atoms with Crippen LogP contribution in [0.15, 0.2) is 54.4 Å². The number of nitrogens with zero attached hydrogens (tertiary/aromatic N) is 2. The molecule has 1 radical (unpaired) electrons. The van der Waals surface area contributed by atoms with Crippen molar-refractivity contribution in [2.45, 2.75) is 81.1 Å². The van der Waals surface area contributed by atoms with Crippen LogP contribution in [0.4, 0.5) is 0 Å². The van der Waals surface area contributed by atoms with E-state index in [0.29, 0.717) is 5.92 Å². The van der Waals surface area contributed by atoms with Crippen LogP contribution in [0.1, 0.15) is 85.3 Å². The van der Waals surface area contributed by atoms with Gasteiger partial charge < -0.3 is 5.11 Å². The van der Waals surface area contributed by atoms with Crippen LogP contribution >= 0.6 is 0 Å². The Kier molecular flexibility index (Phi) is 11.7. The summed E-state index contributed by atoms with van der Waals surface area (Å²) < 4.78 is 0. The van der Waals surface area contributed by atoms with Gasteiger partial charge in [-0.2, -0.15) is 0 Å². The third-order valence-corrected chi connectivity index (χ3v) is 5.99. The Labute approximate surface area is 231 Å². The molecule has 1 N–H and O–H groups in total. The topological polar surface area (TPSA) is 63.1 Å². The average Bonchev–Trinajstić information content (AvgIpc) is 2.78. The average molecular weight is 666 g/mol. The molecule has 5 heteroatoms. The predicted molar refractivity (Wildman–Crippen MR) is 146 cm³/mol. The van der Waals surface area contributed by atoms with Crippen LogP contribution in [-0.2, 0) is 24.9 Å². The first-order valence-corrected chi connectivity index (χ1v) is 12.5. The molecule has 0 saturated heterocycles. The number of fused-ring (bicyclic) bond motifs is 1. The van der Waals surface area contributed by atoms with E-state index in [1.54, 1.807) is 0 Å². The van der Waals surface area contributed by atoms with E-state index in [0.717, 1.165) is 40.7 Å². The molecule has 36 heavy (non-hydrogen) atoms. The van der Waals surface area contributed by atoms with E-state index in [9.17, 15) is 9.90 Å². The van der Waals surface area contributed by atoms with Crippen molar-refractivity contribution in [3.8, 4) is 11.4 Å². The molecule has 0 unspecified atom stereocenters. The van der Waals surface area contributed by atoms with Crippen LogP contribution in [0.5, 0.6) is 0 Å². The molecule has 4 nitrogen and oxygen atoms in total. The summed E-state index contributed by atoms with van der Waals surface area (Å²) in [5.74, 6) is 1.45. The third kappa shape index (κ3) is 8.94. The van der Waals surface area contributed by atoms with Crippen LogP contribution in [-0.4, -0.2) is 20.9 Å². The number of hydrogen-bond donors (Lipinski definition) is 1. The number of carbonyl (C=O) groups excluding carboxylic acids is 1. The number of allylic oxidation sites excluding steroid dienone is 2. The molecule has 3 aromatic rings. The summed E-state index contributed by atoms with van der Waals surface area (Å²) in [5.41, 5.74) is 3.73. The van der Waals surface area contributed by atoms with Crippen molar-refractivity contribution in [2.24, 2.45) is 10.8 Å². The second kappa shape index (κ2) is 13.3. The molecule has 0 aliphatic rings. The van der Waals surface area contributed by atoms with E-state index in [-0.39, 0.29) is 37.1 Å². The SMILES string of the molecule is CC(C)(C)C(=O)/C=C(\O)C(C)(C)C.CCC(CC)c1cc(C)[c-]c(-c2ncc3ccccc3n2)c1.[Ir]. The fraction of sp³-hybridized carbons (Fsp3) is 0.452. The van der Waals surface area contributed by atoms with E-state index < -0.39 is 5.41 Å². The molecule has 3 rings (SSSR count). The van der Waals surface area contributed by atoms with Crippen LogP contribution in [0.25, 0.3) is 22.3 Å². The maximum Gasteiger partial charge on any atom is 0.164 e. The second-order valence-electron chi connectivity index (χ2n) is 11.2. The van der Waals surface area contributed by atoms with Crippen molar-refractivity contribution in [3.05, 3.63) is 71.6 Å². The Balaban J connectivity index is 0.000000402. The van der Waals surface area contributed by atoms with Gasteiger partial charge in [0.15, 0.2) is 5.78 Å². The second-order valence-corrected chi connectivity index (χ2v) is 11.2. The van der Waals surface area contributed by atoms with Gasteiger partial charge in [0.1, 0.15) is 5.76 Å². The maximum absolute atomic E-state index is 11.5. The van der Waals surface area contributed by atoms with Gasteiger partial charge >= 0.3 is 0 Å². The number of aliphatic hydroxyl groups is 1. The number of benzene rings is 2. The normalized spacial score (nSPS) is 12.1. The molecule has 0 aliphatic carbocycles. The third-order valence-electron chi connectivity index (χ3n) is 5.99. The largest absolute Gasteiger partial charge is 0.512 e. The number of hydrogen-bond acceptors (Lipinski definition) is 4. The van der Waals surface area contributed by atoms with Crippen molar-refractivity contribution < 1.29 is 30.0 Å². The van der Waals surface area contributed by atoms with Gasteiger partial charge in [-0.3, -0.25) is 14.8 Å². The molecule has 0 atom stereocenters. The summed E-state index contributed by atoms with van der Waals surface area (Å²) in [5, 5.41) is 10.6. The summed E-state index contributed by atoms with van der Waals surface area (Å²) in [6.45, 7) is 17.7. The minimum Gasteiger partial charge on any atom is -0.512 e. The zero-order valence-corrected chi connectivity index (χ0v) is 25.6. The summed E-state index contributed by atoms with van der Waals surface area (Å²) in [7, 11) is 0. The number of rotatable bonds is 5. The number of carbonyl (C=O) groups is 1. The minimum atomic E-state index is -0.417. The maximum atomic E-state index is 11.5. The molecule has 0 aliphatic heterocycles. The fourth-order valence-corrected chi connectivity index (χ4v) is 3.52. The van der Waals surface area contributed by atoms with Gasteiger partial charge in [0.2, 0.25) is 0 Å². The van der Waals surface area contributed by atoms with Gasteiger partial charge in [0.05, 0.1) is 11.3 Å². The first-order chi connectivity index (χ1) is 16.3. The van der Waals surface area contributed by atoms with E-state index in [1.807, 2.05) is 72.0 Å². The minimum absolute atomic E-state index is 0. The van der Waals surface area contributed by atoms with Crippen molar-refractivity contribution in [2.75, 3.05) is 0 Å². The predicted octanol–water partition coefficient (Wildman–Crippen LogP) is 8.40. The van der Waals surface area contributed by atoms with Gasteiger partial charge in [-0.15, -0.1) is 34.9 Å². The summed E-state index contributed by atoms with van der Waals surface area (Å²) in [6.07, 6.45) is 5.53. The van der Waals surface area contributed by atoms with Crippen LogP contribution in [0, 0.1) is 23.8 Å². The van der Waals surface area contributed by atoms with Gasteiger partial charge in [-0.05, 0) is 12.0 Å². The van der Waals surface area contributed by atoms with Crippen molar-refractivity contribution in [3.63, 3.8) is 0 Å². The van der Waals surface area contributed by atoms with Gasteiger partial charge in [-0.1, -0.05) is 93.4 Å². The molecule has 1 heterocycles. The standard InChI is InChI=1S/C20H21N2.C11H20O2.Ir/c1-4-15(5-2)17-10-14(3)11-18(12-17)20-21-13-16-8-6-7-9-19(16)22-20;1-10(2,3)8(12)7-9(13)11(4,5)6;/h6-10,12-13,15H,4-5H2,1-3H3;7,12H,1-6H3;/q-1;;/b;8-7-;. The van der Waals surface area contributed by atoms with Crippen molar-refractivity contribution in [1.29, 1.82) is 0 Å². The Bertz CT molecular complexity index is 1180. The molecule has 2 aromatic carbocycles. The number of para-hydroxylation sites is 1.